The number of nitrogens with one attached hydrogen (secondary N) is 2. The topological polar surface area (TPSA) is 97.1 Å². The second kappa shape index (κ2) is 9.00. The molecule has 0 spiro atoms. The Balaban J connectivity index is 1.81. The van der Waals surface area contributed by atoms with Gasteiger partial charge in [-0.1, -0.05) is 48.5 Å². The first kappa shape index (κ1) is 18.7. The minimum atomic E-state index is -0.710. The highest BCUT2D eigenvalue weighted by atomic mass is 32.2. The molecule has 2 N–H and O–H groups in total. The van der Waals surface area contributed by atoms with Gasteiger partial charge in [0.15, 0.2) is 0 Å². The van der Waals surface area contributed by atoms with Crippen molar-refractivity contribution in [1.82, 2.24) is 20.8 Å². The van der Waals surface area contributed by atoms with Crippen molar-refractivity contribution in [3.8, 4) is 11.5 Å². The standard InChI is InChI=1S/C19H18N4O3S/c1-2-20-18(25)21-16(24)15(13-9-5-3-6-10-13)27-19-23-22-17(26-19)14-11-7-4-8-12-14/h3-12,15H,2H2,1H3,(H2,20,21,24,25)/t15-/m0/s1. The lowest BCUT2D eigenvalue weighted by Crippen LogP contribution is -2.41. The molecule has 138 valence electrons. The number of carbonyl (C=O) groups is 2. The summed E-state index contributed by atoms with van der Waals surface area (Å²) in [6.07, 6.45) is 0. The Morgan fingerprint density at radius 3 is 2.37 bits per heavy atom. The van der Waals surface area contributed by atoms with Gasteiger partial charge in [-0.05, 0) is 36.4 Å². The van der Waals surface area contributed by atoms with E-state index in [0.717, 1.165) is 22.9 Å². The number of rotatable bonds is 6. The van der Waals surface area contributed by atoms with Crippen molar-refractivity contribution in [2.24, 2.45) is 0 Å². The van der Waals surface area contributed by atoms with E-state index < -0.39 is 17.2 Å². The van der Waals surface area contributed by atoms with Gasteiger partial charge in [0.1, 0.15) is 5.25 Å². The highest BCUT2D eigenvalue weighted by Crippen LogP contribution is 2.35. The third kappa shape index (κ3) is 4.95. The summed E-state index contributed by atoms with van der Waals surface area (Å²) < 4.78 is 5.68. The maximum absolute atomic E-state index is 12.6. The summed E-state index contributed by atoms with van der Waals surface area (Å²) in [5, 5.41) is 12.5. The first-order chi connectivity index (χ1) is 13.2. The van der Waals surface area contributed by atoms with Gasteiger partial charge in [-0.2, -0.15) is 0 Å². The summed E-state index contributed by atoms with van der Waals surface area (Å²) in [6.45, 7) is 2.20. The minimum Gasteiger partial charge on any atom is -0.411 e. The molecule has 27 heavy (non-hydrogen) atoms. The average Bonchev–Trinajstić information content (AvgIpc) is 3.16. The van der Waals surface area contributed by atoms with Crippen LogP contribution in [-0.4, -0.2) is 28.7 Å². The maximum atomic E-state index is 12.6. The normalized spacial score (nSPS) is 11.6. The number of hydrogen-bond donors (Lipinski definition) is 2. The van der Waals surface area contributed by atoms with Gasteiger partial charge in [0.25, 0.3) is 5.22 Å². The van der Waals surface area contributed by atoms with Crippen LogP contribution in [0.1, 0.15) is 17.7 Å². The Kier molecular flexibility index (Phi) is 6.22. The summed E-state index contributed by atoms with van der Waals surface area (Å²) in [5.41, 5.74) is 1.52. The van der Waals surface area contributed by atoms with Crippen molar-refractivity contribution in [3.63, 3.8) is 0 Å². The van der Waals surface area contributed by atoms with E-state index in [4.69, 9.17) is 4.42 Å². The Morgan fingerprint density at radius 1 is 1.04 bits per heavy atom. The van der Waals surface area contributed by atoms with Crippen molar-refractivity contribution in [3.05, 3.63) is 66.2 Å². The summed E-state index contributed by atoms with van der Waals surface area (Å²) >= 11 is 1.09. The fourth-order valence-corrected chi connectivity index (χ4v) is 3.21. The van der Waals surface area contributed by atoms with Crippen LogP contribution in [0.15, 0.2) is 70.3 Å². The first-order valence-corrected chi connectivity index (χ1v) is 9.24. The molecule has 3 aromatic rings. The molecule has 0 saturated heterocycles. The zero-order valence-electron chi connectivity index (χ0n) is 14.6. The van der Waals surface area contributed by atoms with Crippen LogP contribution in [0.25, 0.3) is 11.5 Å². The molecule has 0 radical (unpaired) electrons. The van der Waals surface area contributed by atoms with Crippen LogP contribution in [0, 0.1) is 0 Å². The molecule has 7 nitrogen and oxygen atoms in total. The number of carbonyl (C=O) groups excluding carboxylic acids is 2. The van der Waals surface area contributed by atoms with E-state index in [2.05, 4.69) is 20.8 Å². The highest BCUT2D eigenvalue weighted by molar-refractivity contribution is 8.00. The lowest BCUT2D eigenvalue weighted by molar-refractivity contribution is -0.119. The molecule has 0 aliphatic heterocycles. The van der Waals surface area contributed by atoms with Gasteiger partial charge in [-0.25, -0.2) is 4.79 Å². The Labute approximate surface area is 160 Å². The fourth-order valence-electron chi connectivity index (χ4n) is 2.34. The number of nitrogens with zero attached hydrogens (tertiary/aromatic N) is 2. The number of aromatic nitrogens is 2. The average molecular weight is 382 g/mol. The van der Waals surface area contributed by atoms with Gasteiger partial charge in [0, 0.05) is 12.1 Å². The van der Waals surface area contributed by atoms with Crippen molar-refractivity contribution < 1.29 is 14.0 Å². The fraction of sp³-hybridized carbons (Fsp3) is 0.158. The van der Waals surface area contributed by atoms with E-state index in [-0.39, 0.29) is 5.22 Å². The van der Waals surface area contributed by atoms with Gasteiger partial charge in [-0.3, -0.25) is 10.1 Å². The summed E-state index contributed by atoms with van der Waals surface area (Å²) in [4.78, 5) is 24.4. The number of thioether (sulfide) groups is 1. The SMILES string of the molecule is CCNC(=O)NC(=O)[C@@H](Sc1nnc(-c2ccccc2)o1)c1ccccc1. The van der Waals surface area contributed by atoms with E-state index in [0.29, 0.717) is 12.4 Å². The summed E-state index contributed by atoms with van der Waals surface area (Å²) in [7, 11) is 0. The molecule has 1 heterocycles. The number of hydrogen-bond acceptors (Lipinski definition) is 6. The third-order valence-corrected chi connectivity index (χ3v) is 4.65. The number of benzene rings is 2. The van der Waals surface area contributed by atoms with E-state index in [1.165, 1.54) is 0 Å². The summed E-state index contributed by atoms with van der Waals surface area (Å²) in [5.74, 6) is -0.0920. The molecule has 3 amide bonds. The molecule has 0 fully saturated rings. The molecule has 1 aromatic heterocycles. The van der Waals surface area contributed by atoms with Crippen LogP contribution in [0.2, 0.25) is 0 Å². The van der Waals surface area contributed by atoms with Crippen LogP contribution in [0.4, 0.5) is 4.79 Å². The maximum Gasteiger partial charge on any atom is 0.321 e. The molecule has 8 heteroatoms. The molecule has 3 rings (SSSR count). The highest BCUT2D eigenvalue weighted by Gasteiger charge is 2.26. The van der Waals surface area contributed by atoms with Crippen molar-refractivity contribution in [1.29, 1.82) is 0 Å². The van der Waals surface area contributed by atoms with Gasteiger partial charge in [0.05, 0.1) is 0 Å². The second-order valence-electron chi connectivity index (χ2n) is 5.50. The van der Waals surface area contributed by atoms with Gasteiger partial charge in [-0.15, -0.1) is 10.2 Å². The van der Waals surface area contributed by atoms with Crippen molar-refractivity contribution in [2.75, 3.05) is 6.54 Å². The molecule has 1 atom stereocenters. The van der Waals surface area contributed by atoms with E-state index >= 15 is 0 Å². The first-order valence-electron chi connectivity index (χ1n) is 8.36. The van der Waals surface area contributed by atoms with E-state index in [1.54, 1.807) is 6.92 Å². The third-order valence-electron chi connectivity index (χ3n) is 3.56. The monoisotopic (exact) mass is 382 g/mol. The van der Waals surface area contributed by atoms with Gasteiger partial charge < -0.3 is 9.73 Å². The predicted molar refractivity (Wildman–Crippen MR) is 102 cm³/mol. The van der Waals surface area contributed by atoms with Crippen LogP contribution in [-0.2, 0) is 4.79 Å². The lowest BCUT2D eigenvalue weighted by Gasteiger charge is -2.14. The second-order valence-corrected chi connectivity index (χ2v) is 6.55. The van der Waals surface area contributed by atoms with Crippen LogP contribution >= 0.6 is 11.8 Å². The van der Waals surface area contributed by atoms with Crippen LogP contribution < -0.4 is 10.6 Å². The minimum absolute atomic E-state index is 0.244. The van der Waals surface area contributed by atoms with Gasteiger partial charge in [0.2, 0.25) is 11.8 Å². The molecule has 0 saturated carbocycles. The van der Waals surface area contributed by atoms with Crippen molar-refractivity contribution >= 4 is 23.7 Å². The largest absolute Gasteiger partial charge is 0.411 e. The number of amides is 3. The Bertz CT molecular complexity index is 900. The van der Waals surface area contributed by atoms with Crippen LogP contribution in [0.5, 0.6) is 0 Å². The lowest BCUT2D eigenvalue weighted by atomic mass is 10.1. The zero-order chi connectivity index (χ0) is 19.1. The van der Waals surface area contributed by atoms with E-state index in [9.17, 15) is 9.59 Å². The Morgan fingerprint density at radius 2 is 1.70 bits per heavy atom. The van der Waals surface area contributed by atoms with E-state index in [1.807, 2.05) is 60.7 Å². The zero-order valence-corrected chi connectivity index (χ0v) is 15.4. The predicted octanol–water partition coefficient (Wildman–Crippen LogP) is 3.42. The summed E-state index contributed by atoms with van der Waals surface area (Å²) in [6, 6.07) is 17.9. The molecule has 0 aliphatic rings. The van der Waals surface area contributed by atoms with Crippen molar-refractivity contribution in [2.45, 2.75) is 17.4 Å². The molecular formula is C19H18N4O3S. The number of imide groups is 1. The quantitative estimate of drug-likeness (QED) is 0.634. The molecule has 2 aromatic carbocycles. The molecule has 0 bridgehead atoms. The Hall–Kier alpha value is -3.13. The smallest absolute Gasteiger partial charge is 0.321 e. The molecular weight excluding hydrogens is 364 g/mol. The van der Waals surface area contributed by atoms with Crippen LogP contribution in [0.3, 0.4) is 0 Å². The molecule has 0 unspecified atom stereocenters. The number of urea groups is 1. The van der Waals surface area contributed by atoms with Gasteiger partial charge >= 0.3 is 6.03 Å². The molecule has 0 aliphatic carbocycles.